The molecule has 1 saturated heterocycles. The van der Waals surface area contributed by atoms with Crippen LogP contribution >= 0.6 is 0 Å². The van der Waals surface area contributed by atoms with Crippen LogP contribution in [0.5, 0.6) is 0 Å². The minimum absolute atomic E-state index is 0.0638. The largest absolute Gasteiger partial charge is 0.465 e. The van der Waals surface area contributed by atoms with Crippen molar-refractivity contribution in [3.63, 3.8) is 0 Å². The maximum Gasteiger partial charge on any atom is 0.404 e. The molecule has 1 aliphatic heterocycles. The topological polar surface area (TPSA) is 90.4 Å². The molecule has 0 unspecified atom stereocenters. The van der Waals surface area contributed by atoms with Crippen LogP contribution < -0.4 is 15.5 Å². The molecule has 0 saturated carbocycles. The van der Waals surface area contributed by atoms with Crippen molar-refractivity contribution in [1.29, 1.82) is 0 Å². The fourth-order valence-corrected chi connectivity index (χ4v) is 3.02. The molecule has 7 nitrogen and oxygen atoms in total. The minimum atomic E-state index is -4.13. The zero-order valence-electron chi connectivity index (χ0n) is 14.9. The van der Waals surface area contributed by atoms with Gasteiger partial charge in [0.25, 0.3) is 0 Å². The van der Waals surface area contributed by atoms with Crippen molar-refractivity contribution >= 4 is 23.4 Å². The van der Waals surface area contributed by atoms with Crippen molar-refractivity contribution in [3.05, 3.63) is 42.2 Å². The summed E-state index contributed by atoms with van der Waals surface area (Å²) < 4.78 is 38.2. The second kappa shape index (κ2) is 8.32. The first-order chi connectivity index (χ1) is 13.3. The Labute approximate surface area is 159 Å². The smallest absolute Gasteiger partial charge is 0.404 e. The molecule has 0 aliphatic carbocycles. The Morgan fingerprint density at radius 1 is 1.14 bits per heavy atom. The quantitative estimate of drug-likeness (QED) is 0.714. The number of rotatable bonds is 5. The summed E-state index contributed by atoms with van der Waals surface area (Å²) in [5.41, 5.74) is 1.57. The number of carbonyl (C=O) groups is 1. The highest BCUT2D eigenvalue weighted by molar-refractivity contribution is 5.64. The Kier molecular flexibility index (Phi) is 5.86. The van der Waals surface area contributed by atoms with Gasteiger partial charge in [-0.05, 0) is 30.5 Å². The molecule has 2 heterocycles. The zero-order chi connectivity index (χ0) is 20.1. The van der Waals surface area contributed by atoms with Crippen LogP contribution in [0.15, 0.2) is 36.7 Å². The van der Waals surface area contributed by atoms with E-state index in [1.807, 2.05) is 4.90 Å². The standard InChI is InChI=1S/C18H20F3N5O2/c19-18(20,21)13-5-7-26(8-6-13)16-11-22-15(10-23-16)25-14-3-1-12(2-4-14)9-24-17(27)28/h1-4,10-11,13,24H,5-9H2,(H,22,25)(H,27,28). The van der Waals surface area contributed by atoms with E-state index >= 15 is 0 Å². The molecule has 0 spiro atoms. The van der Waals surface area contributed by atoms with Crippen LogP contribution in [0, 0.1) is 5.92 Å². The molecular formula is C18H20F3N5O2. The van der Waals surface area contributed by atoms with Gasteiger partial charge in [-0.2, -0.15) is 13.2 Å². The monoisotopic (exact) mass is 395 g/mol. The third kappa shape index (κ3) is 5.24. The van der Waals surface area contributed by atoms with E-state index in [-0.39, 0.29) is 19.4 Å². The molecule has 150 valence electrons. The first kappa shape index (κ1) is 19.7. The molecule has 2 aromatic rings. The van der Waals surface area contributed by atoms with E-state index in [4.69, 9.17) is 5.11 Å². The number of aromatic nitrogens is 2. The van der Waals surface area contributed by atoms with Gasteiger partial charge in [-0.3, -0.25) is 0 Å². The van der Waals surface area contributed by atoms with Crippen LogP contribution in [0.2, 0.25) is 0 Å². The molecule has 0 radical (unpaired) electrons. The Bertz CT molecular complexity index is 788. The number of nitrogens with one attached hydrogen (secondary N) is 2. The lowest BCUT2D eigenvalue weighted by Gasteiger charge is -2.33. The normalized spacial score (nSPS) is 15.3. The molecular weight excluding hydrogens is 375 g/mol. The highest BCUT2D eigenvalue weighted by atomic mass is 19.4. The van der Waals surface area contributed by atoms with Crippen LogP contribution in [-0.4, -0.2) is 40.4 Å². The Hall–Kier alpha value is -3.04. The molecule has 0 bridgehead atoms. The highest BCUT2D eigenvalue weighted by Gasteiger charge is 2.41. The number of anilines is 3. The first-order valence-electron chi connectivity index (χ1n) is 8.78. The van der Waals surface area contributed by atoms with Gasteiger partial charge in [-0.25, -0.2) is 14.8 Å². The number of alkyl halides is 3. The third-order valence-corrected chi connectivity index (χ3v) is 4.59. The van der Waals surface area contributed by atoms with Crippen molar-refractivity contribution in [2.45, 2.75) is 25.6 Å². The summed E-state index contributed by atoms with van der Waals surface area (Å²) in [4.78, 5) is 20.9. The maximum atomic E-state index is 12.7. The molecule has 1 aromatic carbocycles. The molecule has 28 heavy (non-hydrogen) atoms. The fourth-order valence-electron chi connectivity index (χ4n) is 3.02. The summed E-state index contributed by atoms with van der Waals surface area (Å²) in [6.07, 6.45) is -2.01. The lowest BCUT2D eigenvalue weighted by Crippen LogP contribution is -2.39. The van der Waals surface area contributed by atoms with Gasteiger partial charge >= 0.3 is 12.3 Å². The molecule has 0 atom stereocenters. The van der Waals surface area contributed by atoms with Crippen molar-refractivity contribution in [2.24, 2.45) is 5.92 Å². The predicted molar refractivity (Wildman–Crippen MR) is 97.6 cm³/mol. The van der Waals surface area contributed by atoms with E-state index < -0.39 is 18.2 Å². The van der Waals surface area contributed by atoms with Crippen molar-refractivity contribution in [3.8, 4) is 0 Å². The maximum absolute atomic E-state index is 12.7. The molecule has 3 rings (SSSR count). The van der Waals surface area contributed by atoms with Crippen LogP contribution in [0.1, 0.15) is 18.4 Å². The fraction of sp³-hybridized carbons (Fsp3) is 0.389. The SMILES string of the molecule is O=C(O)NCc1ccc(Nc2cnc(N3CCC(C(F)(F)F)CC3)cn2)cc1. The van der Waals surface area contributed by atoms with E-state index in [2.05, 4.69) is 20.6 Å². The number of hydrogen-bond donors (Lipinski definition) is 3. The Morgan fingerprint density at radius 3 is 2.36 bits per heavy atom. The van der Waals surface area contributed by atoms with Gasteiger partial charge in [0.1, 0.15) is 11.6 Å². The van der Waals surface area contributed by atoms with Crippen LogP contribution in [-0.2, 0) is 6.54 Å². The average Bonchev–Trinajstić information content (AvgIpc) is 2.67. The van der Waals surface area contributed by atoms with Gasteiger partial charge in [-0.1, -0.05) is 12.1 Å². The highest BCUT2D eigenvalue weighted by Crippen LogP contribution is 2.35. The number of piperidine rings is 1. The van der Waals surface area contributed by atoms with Gasteiger partial charge < -0.3 is 20.6 Å². The zero-order valence-corrected chi connectivity index (χ0v) is 14.9. The van der Waals surface area contributed by atoms with Gasteiger partial charge in [0.15, 0.2) is 0 Å². The van der Waals surface area contributed by atoms with E-state index in [9.17, 15) is 18.0 Å². The summed E-state index contributed by atoms with van der Waals surface area (Å²) in [6, 6.07) is 7.14. The minimum Gasteiger partial charge on any atom is -0.465 e. The van der Waals surface area contributed by atoms with Crippen molar-refractivity contribution in [1.82, 2.24) is 15.3 Å². The Morgan fingerprint density at radius 2 is 1.82 bits per heavy atom. The molecule has 1 amide bonds. The number of halogens is 3. The van der Waals surface area contributed by atoms with Gasteiger partial charge in [0.2, 0.25) is 0 Å². The first-order valence-corrected chi connectivity index (χ1v) is 8.78. The van der Waals surface area contributed by atoms with E-state index in [1.54, 1.807) is 30.5 Å². The van der Waals surface area contributed by atoms with Crippen LogP contribution in [0.3, 0.4) is 0 Å². The van der Waals surface area contributed by atoms with Crippen molar-refractivity contribution in [2.75, 3.05) is 23.3 Å². The number of benzene rings is 1. The van der Waals surface area contributed by atoms with Gasteiger partial charge in [0.05, 0.1) is 18.3 Å². The van der Waals surface area contributed by atoms with Gasteiger partial charge in [-0.15, -0.1) is 0 Å². The number of amides is 1. The van der Waals surface area contributed by atoms with Crippen LogP contribution in [0.25, 0.3) is 0 Å². The van der Waals surface area contributed by atoms with Crippen molar-refractivity contribution < 1.29 is 23.1 Å². The van der Waals surface area contributed by atoms with E-state index in [1.165, 1.54) is 6.20 Å². The Balaban J connectivity index is 1.54. The molecule has 1 aliphatic rings. The van der Waals surface area contributed by atoms with E-state index in [0.717, 1.165) is 11.3 Å². The lowest BCUT2D eigenvalue weighted by molar-refractivity contribution is -0.179. The number of hydrogen-bond acceptors (Lipinski definition) is 5. The average molecular weight is 395 g/mol. The van der Waals surface area contributed by atoms with E-state index in [0.29, 0.717) is 24.7 Å². The van der Waals surface area contributed by atoms with Gasteiger partial charge in [0, 0.05) is 25.3 Å². The summed E-state index contributed by atoms with van der Waals surface area (Å²) in [7, 11) is 0. The second-order valence-electron chi connectivity index (χ2n) is 6.54. The summed E-state index contributed by atoms with van der Waals surface area (Å²) >= 11 is 0. The summed E-state index contributed by atoms with van der Waals surface area (Å²) in [6.45, 7) is 0.824. The number of nitrogens with zero attached hydrogens (tertiary/aromatic N) is 3. The molecule has 10 heteroatoms. The molecule has 1 aromatic heterocycles. The summed E-state index contributed by atoms with van der Waals surface area (Å²) in [5, 5.41) is 14.0. The number of carboxylic acid groups (broad SMARTS) is 1. The van der Waals surface area contributed by atoms with Crippen LogP contribution in [0.4, 0.5) is 35.3 Å². The predicted octanol–water partition coefficient (Wildman–Crippen LogP) is 3.77. The molecule has 1 fully saturated rings. The second-order valence-corrected chi connectivity index (χ2v) is 6.54. The summed E-state index contributed by atoms with van der Waals surface area (Å²) in [5.74, 6) is -0.182. The lowest BCUT2D eigenvalue weighted by atomic mass is 9.96. The molecule has 3 N–H and O–H groups in total. The third-order valence-electron chi connectivity index (χ3n) is 4.59.